The van der Waals surface area contributed by atoms with E-state index < -0.39 is 0 Å². The Morgan fingerprint density at radius 3 is 1.15 bits per heavy atom. The van der Waals surface area contributed by atoms with Crippen LogP contribution < -0.4 is 0 Å². The van der Waals surface area contributed by atoms with Crippen LogP contribution in [0.15, 0.2) is 218 Å². The van der Waals surface area contributed by atoms with Crippen molar-refractivity contribution in [1.82, 2.24) is 0 Å². The van der Waals surface area contributed by atoms with Crippen molar-refractivity contribution in [3.8, 4) is 33.4 Å². The lowest BCUT2D eigenvalue weighted by atomic mass is 9.88. The first-order valence-corrected chi connectivity index (χ1v) is 24.7. The minimum atomic E-state index is 0. The molecule has 0 aromatic heterocycles. The third-order valence-electron chi connectivity index (χ3n) is 16.9. The van der Waals surface area contributed by atoms with Crippen LogP contribution in [0.25, 0.3) is 163 Å². The van der Waals surface area contributed by atoms with Crippen LogP contribution in [0.4, 0.5) is 0 Å². The minimum Gasteiger partial charge on any atom is -0.0776 e. The van der Waals surface area contributed by atoms with Crippen LogP contribution in [-0.2, 0) is 0 Å². The van der Waals surface area contributed by atoms with E-state index in [9.17, 15) is 0 Å². The number of rotatable bonds is 3. The smallest absolute Gasteiger partial charge is 0.000674 e. The zero-order chi connectivity index (χ0) is 45.1. The Kier molecular flexibility index (Phi) is 7.01. The molecule has 0 unspecified atom stereocenters. The summed E-state index contributed by atoms with van der Waals surface area (Å²) >= 11 is 0. The van der Waals surface area contributed by atoms with Crippen molar-refractivity contribution < 1.29 is 0 Å². The van der Waals surface area contributed by atoms with Crippen molar-refractivity contribution in [1.29, 1.82) is 0 Å². The first-order chi connectivity index (χ1) is 34.8. The van der Waals surface area contributed by atoms with Gasteiger partial charge in [-0.25, -0.2) is 0 Å². The van der Waals surface area contributed by atoms with Crippen molar-refractivity contribution >= 4 is 129 Å². The summed E-state index contributed by atoms with van der Waals surface area (Å²) in [5.74, 6) is 0. The molecule has 0 fully saturated rings. The average molecular weight is 893 g/mol. The second-order valence-electron chi connectivity index (χ2n) is 20.0. The van der Waals surface area contributed by atoms with Gasteiger partial charge < -0.3 is 0 Å². The van der Waals surface area contributed by atoms with Crippen LogP contribution in [0, 0.1) is 20.9 Å². The van der Waals surface area contributed by atoms with Crippen LogP contribution in [0.5, 0.6) is 0 Å². The van der Waals surface area contributed by atoms with Crippen molar-refractivity contribution in [2.24, 2.45) is 0 Å². The van der Waals surface area contributed by atoms with E-state index in [0.29, 0.717) is 0 Å². The van der Waals surface area contributed by atoms with Crippen LogP contribution >= 0.6 is 0 Å². The second kappa shape index (κ2) is 13.2. The summed E-state index contributed by atoms with van der Waals surface area (Å²) in [6.07, 6.45) is 0. The van der Waals surface area contributed by atoms with Crippen molar-refractivity contribution in [3.63, 3.8) is 0 Å². The van der Waals surface area contributed by atoms with Crippen LogP contribution in [0.3, 0.4) is 0 Å². The lowest BCUT2D eigenvalue weighted by molar-refractivity contribution is 1.46. The highest BCUT2D eigenvalue weighted by molar-refractivity contribution is 6.54. The highest BCUT2D eigenvalue weighted by atomic mass is 14.3. The molecule has 18 rings (SSSR count). The van der Waals surface area contributed by atoms with Crippen LogP contribution in [0.1, 0.15) is 7.43 Å². The van der Waals surface area contributed by atoms with Gasteiger partial charge >= 0.3 is 0 Å². The molecule has 17 aromatic carbocycles. The Hall–Kier alpha value is -9.10. The van der Waals surface area contributed by atoms with Gasteiger partial charge in [0.15, 0.2) is 0 Å². The lowest BCUT2D eigenvalue weighted by Gasteiger charge is -2.15. The van der Waals surface area contributed by atoms with E-state index in [-0.39, 0.29) is 7.43 Å². The molecule has 0 N–H and O–H groups in total. The second-order valence-corrected chi connectivity index (χ2v) is 20.0. The molecule has 0 amide bonds. The summed E-state index contributed by atoms with van der Waals surface area (Å²) in [6, 6.07) is 83.2. The lowest BCUT2D eigenvalue weighted by Crippen LogP contribution is -1.88. The maximum Gasteiger partial charge on any atom is -0.000674 e. The van der Waals surface area contributed by atoms with Gasteiger partial charge in [-0.3, -0.25) is 0 Å². The molecule has 324 valence electrons. The van der Waals surface area contributed by atoms with E-state index in [1.54, 1.807) is 0 Å². The zero-order valence-electron chi connectivity index (χ0n) is 37.8. The SMILES string of the molecule is C.c1ccc(-c2ccc(-c3ccccc3)c3c2=c2ccc4c5ccc6c7c(-c8ccccc8)c8cc9c%10cccc%11cccc(c%11%10)c9c9c%10ccccc%10c(c7c7ccc(c%10ccc=3c2c4%10)c5c67)c89)cc1. The molecule has 1 aliphatic carbocycles. The summed E-state index contributed by atoms with van der Waals surface area (Å²) < 4.78 is 0. The summed E-state index contributed by atoms with van der Waals surface area (Å²) in [5.41, 5.74) is 7.65. The maximum atomic E-state index is 2.57. The van der Waals surface area contributed by atoms with E-state index in [4.69, 9.17) is 0 Å². The normalized spacial score (nSPS) is 12.7. The van der Waals surface area contributed by atoms with E-state index in [0.717, 1.165) is 0 Å². The predicted octanol–water partition coefficient (Wildman–Crippen LogP) is 19.8. The largest absolute Gasteiger partial charge is 0.0776 e. The molecular formula is C71H40. The van der Waals surface area contributed by atoms with Crippen molar-refractivity contribution in [3.05, 3.63) is 239 Å². The first kappa shape index (κ1) is 37.8. The van der Waals surface area contributed by atoms with Gasteiger partial charge in [-0.1, -0.05) is 220 Å². The molecule has 0 saturated carbocycles. The highest BCUT2D eigenvalue weighted by Crippen LogP contribution is 2.58. The first-order valence-electron chi connectivity index (χ1n) is 24.7. The van der Waals surface area contributed by atoms with Gasteiger partial charge in [0.25, 0.3) is 0 Å². The van der Waals surface area contributed by atoms with Crippen molar-refractivity contribution in [2.45, 2.75) is 7.43 Å². The summed E-state index contributed by atoms with van der Waals surface area (Å²) in [7, 11) is 0. The summed E-state index contributed by atoms with van der Waals surface area (Å²) in [6.45, 7) is 0. The number of benzene rings is 14. The van der Waals surface area contributed by atoms with Crippen molar-refractivity contribution in [2.75, 3.05) is 0 Å². The molecule has 0 heterocycles. The molecule has 0 spiro atoms. The molecule has 0 bridgehead atoms. The third kappa shape index (κ3) is 4.41. The molecule has 0 heteroatoms. The molecule has 0 aliphatic heterocycles. The fourth-order valence-electron chi connectivity index (χ4n) is 14.4. The average Bonchev–Trinajstić information content (AvgIpc) is 4.17. The number of fused-ring (bicyclic) bond motifs is 14. The molecule has 0 radical (unpaired) electrons. The fraction of sp³-hybridized carbons (Fsp3) is 0.0141. The Bertz CT molecular complexity index is 5220. The minimum absolute atomic E-state index is 0. The monoisotopic (exact) mass is 892 g/mol. The van der Waals surface area contributed by atoms with Crippen LogP contribution in [-0.4, -0.2) is 0 Å². The highest BCUT2D eigenvalue weighted by Gasteiger charge is 2.29. The molecule has 0 atom stereocenters. The van der Waals surface area contributed by atoms with Gasteiger partial charge in [0.05, 0.1) is 0 Å². The predicted molar refractivity (Wildman–Crippen MR) is 306 cm³/mol. The van der Waals surface area contributed by atoms with Gasteiger partial charge in [0.1, 0.15) is 0 Å². The third-order valence-corrected chi connectivity index (χ3v) is 16.9. The van der Waals surface area contributed by atoms with Gasteiger partial charge in [-0.05, 0) is 190 Å². The van der Waals surface area contributed by atoms with Gasteiger partial charge in [-0.2, -0.15) is 0 Å². The topological polar surface area (TPSA) is 0 Å². The quantitative estimate of drug-likeness (QED) is 0.122. The van der Waals surface area contributed by atoms with E-state index in [1.807, 2.05) is 0 Å². The Morgan fingerprint density at radius 1 is 0.197 bits per heavy atom. The molecule has 17 aromatic rings. The van der Waals surface area contributed by atoms with E-state index in [2.05, 4.69) is 218 Å². The van der Waals surface area contributed by atoms with Gasteiger partial charge in [-0.15, -0.1) is 0 Å². The molecule has 0 nitrogen and oxygen atoms in total. The molecule has 1 aliphatic rings. The zero-order valence-corrected chi connectivity index (χ0v) is 37.8. The fourth-order valence-corrected chi connectivity index (χ4v) is 14.4. The van der Waals surface area contributed by atoms with Gasteiger partial charge in [0.2, 0.25) is 0 Å². The van der Waals surface area contributed by atoms with Crippen LogP contribution in [0.2, 0.25) is 0 Å². The van der Waals surface area contributed by atoms with Gasteiger partial charge in [0, 0.05) is 0 Å². The summed E-state index contributed by atoms with van der Waals surface area (Å²) in [5, 5.41) is 37.8. The Morgan fingerprint density at radius 2 is 0.563 bits per heavy atom. The summed E-state index contributed by atoms with van der Waals surface area (Å²) in [4.78, 5) is 0. The standard InChI is InChI=1S/C70H36.CH4/c1-4-14-37(15-5-1)41-26-27-42(38-16-6-2-7-17-38)60-52-33-29-47-49-31-35-54-64-53(34-30-48(62(49)64)46-28-32-51(59(41)60)63(52)61(46)47)68-58(40-18-8-3-9-19-40)56-36-55-45-24-12-20-39-21-13-25-50(57(39)45)65(55)66-43-22-10-11-23-44(43)67(69(54)68)70(56)66;/h1-36H;1H4. The molecular weight excluding hydrogens is 853 g/mol. The Balaban J connectivity index is 0.00000420. The number of hydrogen-bond acceptors (Lipinski definition) is 0. The van der Waals surface area contributed by atoms with E-state index in [1.165, 1.54) is 184 Å². The molecule has 71 heavy (non-hydrogen) atoms. The van der Waals surface area contributed by atoms with E-state index >= 15 is 0 Å². The maximum absolute atomic E-state index is 2.57. The number of hydrogen-bond donors (Lipinski definition) is 0. The molecule has 0 saturated heterocycles. The Labute approximate surface area is 407 Å².